The second-order valence-corrected chi connectivity index (χ2v) is 7.47. The number of hydrogen-bond donors (Lipinski definition) is 2. The molecule has 1 atom stereocenters. The molecule has 0 saturated heterocycles. The second-order valence-electron chi connectivity index (χ2n) is 7.47. The molecule has 33 heavy (non-hydrogen) atoms. The monoisotopic (exact) mass is 448 g/mol. The predicted molar refractivity (Wildman–Crippen MR) is 126 cm³/mol. The van der Waals surface area contributed by atoms with E-state index in [2.05, 4.69) is 5.32 Å². The van der Waals surface area contributed by atoms with Gasteiger partial charge < -0.3 is 25.3 Å². The maximum absolute atomic E-state index is 12.7. The van der Waals surface area contributed by atoms with Crippen LogP contribution in [0.15, 0.2) is 66.7 Å². The van der Waals surface area contributed by atoms with Crippen LogP contribution in [0.5, 0.6) is 23.0 Å². The lowest BCUT2D eigenvalue weighted by atomic mass is 10.1. The summed E-state index contributed by atoms with van der Waals surface area (Å²) < 4.78 is 16.9. The SMILES string of the molecule is CCCOc1ccc(C(C)NC(=O)c2ccc(Oc3ccc(C(N)=O)cc3)cc2)cc1OC. The summed E-state index contributed by atoms with van der Waals surface area (Å²) in [5.41, 5.74) is 7.06. The van der Waals surface area contributed by atoms with Gasteiger partial charge in [0.05, 0.1) is 19.8 Å². The molecule has 0 aliphatic carbocycles. The zero-order chi connectivity index (χ0) is 23.8. The smallest absolute Gasteiger partial charge is 0.251 e. The van der Waals surface area contributed by atoms with Crippen LogP contribution < -0.4 is 25.3 Å². The van der Waals surface area contributed by atoms with Gasteiger partial charge in [-0.3, -0.25) is 9.59 Å². The summed E-state index contributed by atoms with van der Waals surface area (Å²) in [6, 6.07) is 18.7. The molecule has 172 valence electrons. The zero-order valence-corrected chi connectivity index (χ0v) is 19.0. The Morgan fingerprint density at radius 3 is 2.06 bits per heavy atom. The van der Waals surface area contributed by atoms with Gasteiger partial charge in [0.1, 0.15) is 11.5 Å². The number of ether oxygens (including phenoxy) is 3. The largest absolute Gasteiger partial charge is 0.493 e. The van der Waals surface area contributed by atoms with Gasteiger partial charge in [0, 0.05) is 11.1 Å². The highest BCUT2D eigenvalue weighted by Crippen LogP contribution is 2.30. The summed E-state index contributed by atoms with van der Waals surface area (Å²) in [4.78, 5) is 23.9. The summed E-state index contributed by atoms with van der Waals surface area (Å²) in [5, 5.41) is 2.99. The lowest BCUT2D eigenvalue weighted by Gasteiger charge is -2.17. The molecule has 3 aromatic carbocycles. The standard InChI is InChI=1S/C26H28N2O5/c1-4-15-32-23-14-9-20(16-24(23)31-3)17(2)28-26(30)19-7-12-22(13-8-19)33-21-10-5-18(6-11-21)25(27)29/h5-14,16-17H,4,15H2,1-3H3,(H2,27,29)(H,28,30). The molecule has 3 N–H and O–H groups in total. The fourth-order valence-corrected chi connectivity index (χ4v) is 3.15. The van der Waals surface area contributed by atoms with Gasteiger partial charge in [0.15, 0.2) is 11.5 Å². The van der Waals surface area contributed by atoms with Crippen molar-refractivity contribution in [2.75, 3.05) is 13.7 Å². The Labute approximate surface area is 193 Å². The molecule has 0 saturated carbocycles. The van der Waals surface area contributed by atoms with Gasteiger partial charge in [-0.1, -0.05) is 13.0 Å². The van der Waals surface area contributed by atoms with Gasteiger partial charge in [-0.2, -0.15) is 0 Å². The van der Waals surface area contributed by atoms with Gasteiger partial charge in [-0.15, -0.1) is 0 Å². The number of carbonyl (C=O) groups excluding carboxylic acids is 2. The van der Waals surface area contributed by atoms with Gasteiger partial charge >= 0.3 is 0 Å². The Balaban J connectivity index is 1.62. The van der Waals surface area contributed by atoms with E-state index in [1.807, 2.05) is 32.0 Å². The highest BCUT2D eigenvalue weighted by Gasteiger charge is 2.14. The average molecular weight is 449 g/mol. The lowest BCUT2D eigenvalue weighted by Crippen LogP contribution is -2.26. The lowest BCUT2D eigenvalue weighted by molar-refractivity contribution is 0.0938. The topological polar surface area (TPSA) is 99.9 Å². The van der Waals surface area contributed by atoms with E-state index in [1.54, 1.807) is 55.6 Å². The molecule has 0 bridgehead atoms. The minimum Gasteiger partial charge on any atom is -0.493 e. The van der Waals surface area contributed by atoms with Crippen molar-refractivity contribution in [1.29, 1.82) is 0 Å². The van der Waals surface area contributed by atoms with Crippen LogP contribution in [0, 0.1) is 0 Å². The van der Waals surface area contributed by atoms with E-state index in [9.17, 15) is 9.59 Å². The molecule has 2 amide bonds. The van der Waals surface area contributed by atoms with Crippen LogP contribution in [0.4, 0.5) is 0 Å². The highest BCUT2D eigenvalue weighted by atomic mass is 16.5. The summed E-state index contributed by atoms with van der Waals surface area (Å²) in [5.74, 6) is 1.74. The Kier molecular flexibility index (Phi) is 7.91. The first-order valence-electron chi connectivity index (χ1n) is 10.7. The van der Waals surface area contributed by atoms with E-state index < -0.39 is 5.91 Å². The molecular weight excluding hydrogens is 420 g/mol. The molecule has 0 heterocycles. The van der Waals surface area contributed by atoms with Gasteiger partial charge in [0.25, 0.3) is 5.91 Å². The van der Waals surface area contributed by atoms with Crippen LogP contribution in [0.3, 0.4) is 0 Å². The van der Waals surface area contributed by atoms with Crippen LogP contribution in [0.2, 0.25) is 0 Å². The summed E-state index contributed by atoms with van der Waals surface area (Å²) in [6.07, 6.45) is 0.906. The number of amides is 2. The van der Waals surface area contributed by atoms with Crippen molar-refractivity contribution in [1.82, 2.24) is 5.32 Å². The molecule has 3 aromatic rings. The summed E-state index contributed by atoms with van der Waals surface area (Å²) in [7, 11) is 1.59. The third kappa shape index (κ3) is 6.26. The van der Waals surface area contributed by atoms with Crippen molar-refractivity contribution in [3.05, 3.63) is 83.4 Å². The van der Waals surface area contributed by atoms with Crippen molar-refractivity contribution >= 4 is 11.8 Å². The Bertz CT molecular complexity index is 1090. The van der Waals surface area contributed by atoms with Crippen molar-refractivity contribution in [2.45, 2.75) is 26.3 Å². The zero-order valence-electron chi connectivity index (χ0n) is 19.0. The van der Waals surface area contributed by atoms with E-state index in [4.69, 9.17) is 19.9 Å². The van der Waals surface area contributed by atoms with E-state index in [0.29, 0.717) is 40.7 Å². The molecular formula is C26H28N2O5. The number of nitrogens with two attached hydrogens (primary N) is 1. The molecule has 3 rings (SSSR count). The maximum atomic E-state index is 12.7. The van der Waals surface area contributed by atoms with Crippen molar-refractivity contribution in [3.63, 3.8) is 0 Å². The number of methoxy groups -OCH3 is 1. The fraction of sp³-hybridized carbons (Fsp3) is 0.231. The second kappa shape index (κ2) is 11.0. The van der Waals surface area contributed by atoms with Gasteiger partial charge in [-0.05, 0) is 79.6 Å². The number of carbonyl (C=O) groups is 2. The third-order valence-corrected chi connectivity index (χ3v) is 4.99. The van der Waals surface area contributed by atoms with E-state index >= 15 is 0 Å². The molecule has 0 radical (unpaired) electrons. The van der Waals surface area contributed by atoms with Crippen molar-refractivity contribution in [2.24, 2.45) is 5.73 Å². The summed E-state index contributed by atoms with van der Waals surface area (Å²) >= 11 is 0. The number of hydrogen-bond acceptors (Lipinski definition) is 5. The van der Waals surface area contributed by atoms with Crippen LogP contribution in [0.25, 0.3) is 0 Å². The Morgan fingerprint density at radius 2 is 1.52 bits per heavy atom. The van der Waals surface area contributed by atoms with E-state index in [0.717, 1.165) is 12.0 Å². The van der Waals surface area contributed by atoms with Crippen LogP contribution >= 0.6 is 0 Å². The number of rotatable bonds is 10. The third-order valence-electron chi connectivity index (χ3n) is 4.99. The quantitative estimate of drug-likeness (QED) is 0.461. The first-order chi connectivity index (χ1) is 15.9. The number of primary amides is 1. The van der Waals surface area contributed by atoms with Crippen LogP contribution in [-0.2, 0) is 0 Å². The van der Waals surface area contributed by atoms with E-state index in [1.165, 1.54) is 0 Å². The van der Waals surface area contributed by atoms with Gasteiger partial charge in [0.2, 0.25) is 5.91 Å². The Hall–Kier alpha value is -4.00. The number of benzene rings is 3. The van der Waals surface area contributed by atoms with Crippen LogP contribution in [-0.4, -0.2) is 25.5 Å². The predicted octanol–water partition coefficient (Wildman–Crippen LogP) is 4.87. The summed E-state index contributed by atoms with van der Waals surface area (Å²) in [6.45, 7) is 4.56. The molecule has 0 aromatic heterocycles. The molecule has 1 unspecified atom stereocenters. The molecule has 0 fully saturated rings. The van der Waals surface area contributed by atoms with E-state index in [-0.39, 0.29) is 11.9 Å². The first kappa shape index (κ1) is 23.7. The first-order valence-corrected chi connectivity index (χ1v) is 10.7. The van der Waals surface area contributed by atoms with Crippen molar-refractivity contribution in [3.8, 4) is 23.0 Å². The molecule has 0 aliphatic heterocycles. The van der Waals surface area contributed by atoms with Gasteiger partial charge in [-0.25, -0.2) is 0 Å². The highest BCUT2D eigenvalue weighted by molar-refractivity contribution is 5.94. The normalized spacial score (nSPS) is 11.4. The van der Waals surface area contributed by atoms with Crippen molar-refractivity contribution < 1.29 is 23.8 Å². The molecule has 0 spiro atoms. The average Bonchev–Trinajstić information content (AvgIpc) is 2.83. The molecule has 0 aliphatic rings. The number of nitrogens with one attached hydrogen (secondary N) is 1. The molecule has 7 nitrogen and oxygen atoms in total. The maximum Gasteiger partial charge on any atom is 0.251 e. The fourth-order valence-electron chi connectivity index (χ4n) is 3.15. The Morgan fingerprint density at radius 1 is 0.909 bits per heavy atom. The minimum atomic E-state index is -0.495. The molecule has 7 heteroatoms. The van der Waals surface area contributed by atoms with Crippen LogP contribution in [0.1, 0.15) is 52.6 Å². The minimum absolute atomic E-state index is 0.204.